The first-order valence-corrected chi connectivity index (χ1v) is 10.4. The molecule has 1 amide bonds. The number of anilines is 2. The molecular formula is C20H21BrN6O3. The average Bonchev–Trinajstić information content (AvgIpc) is 3.07. The second-order valence-corrected chi connectivity index (χ2v) is 8.08. The van der Waals surface area contributed by atoms with Crippen LogP contribution in [0.1, 0.15) is 37.7 Å². The van der Waals surface area contributed by atoms with Crippen LogP contribution in [0, 0.1) is 6.92 Å². The normalized spacial score (nSPS) is 17.3. The summed E-state index contributed by atoms with van der Waals surface area (Å²) in [5.74, 6) is 0.983. The molecule has 1 saturated heterocycles. The molecule has 10 heteroatoms. The summed E-state index contributed by atoms with van der Waals surface area (Å²) in [4.78, 5) is 42.1. The highest BCUT2D eigenvalue weighted by Gasteiger charge is 2.35. The van der Waals surface area contributed by atoms with Crippen molar-refractivity contribution in [1.29, 1.82) is 0 Å². The van der Waals surface area contributed by atoms with E-state index >= 15 is 0 Å². The molecule has 0 saturated carbocycles. The minimum absolute atomic E-state index is 0.119. The second-order valence-electron chi connectivity index (χ2n) is 7.17. The van der Waals surface area contributed by atoms with Crippen LogP contribution in [0.15, 0.2) is 33.5 Å². The van der Waals surface area contributed by atoms with Gasteiger partial charge in [-0.15, -0.1) is 0 Å². The number of fused-ring (bicyclic) bond motifs is 1. The van der Waals surface area contributed by atoms with Gasteiger partial charge in [-0.05, 0) is 49.9 Å². The van der Waals surface area contributed by atoms with Gasteiger partial charge in [0, 0.05) is 15.6 Å². The van der Waals surface area contributed by atoms with E-state index in [0.29, 0.717) is 18.0 Å². The third-order valence-corrected chi connectivity index (χ3v) is 5.52. The highest BCUT2D eigenvalue weighted by molar-refractivity contribution is 9.10. The maximum absolute atomic E-state index is 12.6. The van der Waals surface area contributed by atoms with E-state index in [1.807, 2.05) is 38.1 Å². The maximum atomic E-state index is 12.6. The fraction of sp³-hybridized carbons (Fsp3) is 0.350. The number of amides is 1. The molecule has 156 valence electrons. The van der Waals surface area contributed by atoms with E-state index in [-0.39, 0.29) is 29.5 Å². The van der Waals surface area contributed by atoms with Gasteiger partial charge < -0.3 is 15.0 Å². The quantitative estimate of drug-likeness (QED) is 0.581. The van der Waals surface area contributed by atoms with Gasteiger partial charge in [-0.2, -0.15) is 15.0 Å². The summed E-state index contributed by atoms with van der Waals surface area (Å²) in [5, 5.41) is 4.07. The molecule has 0 spiro atoms. The van der Waals surface area contributed by atoms with Crippen LogP contribution >= 0.6 is 15.9 Å². The fourth-order valence-corrected chi connectivity index (χ4v) is 3.81. The molecule has 0 bridgehead atoms. The van der Waals surface area contributed by atoms with Crippen LogP contribution in [-0.2, 0) is 4.74 Å². The van der Waals surface area contributed by atoms with E-state index in [1.54, 1.807) is 6.92 Å². The number of pyridine rings is 1. The summed E-state index contributed by atoms with van der Waals surface area (Å²) in [6.07, 6.45) is 0.250. The Bertz CT molecular complexity index is 1180. The molecule has 3 aromatic rings. The molecule has 2 N–H and O–H groups in total. The average molecular weight is 473 g/mol. The van der Waals surface area contributed by atoms with E-state index in [0.717, 1.165) is 21.8 Å². The van der Waals surface area contributed by atoms with Crippen molar-refractivity contribution in [3.63, 3.8) is 0 Å². The molecule has 1 aromatic carbocycles. The van der Waals surface area contributed by atoms with E-state index in [4.69, 9.17) is 4.74 Å². The minimum Gasteiger partial charge on any atom is -0.447 e. The Balaban J connectivity index is 1.65. The number of carbonyl (C=O) groups is 1. The number of nitrogens with zero attached hydrogens (tertiary/aromatic N) is 4. The highest BCUT2D eigenvalue weighted by atomic mass is 79.9. The van der Waals surface area contributed by atoms with Crippen molar-refractivity contribution in [3.05, 3.63) is 50.5 Å². The summed E-state index contributed by atoms with van der Waals surface area (Å²) < 4.78 is 6.06. The molecule has 2 atom stereocenters. The molecule has 1 aliphatic heterocycles. The van der Waals surface area contributed by atoms with Crippen LogP contribution in [-0.4, -0.2) is 38.7 Å². The number of nitrogens with one attached hydrogen (secondary N) is 2. The summed E-state index contributed by atoms with van der Waals surface area (Å²) in [7, 11) is 0. The lowest BCUT2D eigenvalue weighted by Gasteiger charge is -2.20. The molecule has 1 aliphatic rings. The topological polar surface area (TPSA) is 113 Å². The Hall–Kier alpha value is -3.01. The zero-order chi connectivity index (χ0) is 21.4. The van der Waals surface area contributed by atoms with E-state index < -0.39 is 6.09 Å². The maximum Gasteiger partial charge on any atom is 0.417 e. The van der Waals surface area contributed by atoms with Crippen molar-refractivity contribution >= 4 is 44.8 Å². The monoisotopic (exact) mass is 472 g/mol. The number of H-pyrrole nitrogens is 1. The van der Waals surface area contributed by atoms with Crippen LogP contribution in [0.5, 0.6) is 0 Å². The predicted octanol–water partition coefficient (Wildman–Crippen LogP) is 3.69. The van der Waals surface area contributed by atoms with Crippen LogP contribution in [0.25, 0.3) is 10.9 Å². The molecule has 4 rings (SSSR count). The number of carbonyl (C=O) groups excluding carboxylic acids is 1. The molecule has 1 unspecified atom stereocenters. The Kier molecular flexibility index (Phi) is 5.42. The fourth-order valence-electron chi connectivity index (χ4n) is 3.43. The van der Waals surface area contributed by atoms with Gasteiger partial charge in [0.1, 0.15) is 12.4 Å². The molecule has 0 radical (unpaired) electrons. The first-order valence-electron chi connectivity index (χ1n) is 9.63. The standard InChI is InChI=1S/C20H21BrN6O3/c1-4-14-9-30-20(29)27(14)19-24-11(3)23-18(26-19)22-10(2)15-8-12-7-13(21)5-6-16(12)25-17(15)28/h5-8,10,14H,4,9H2,1-3H3,(H,25,28)(H,22,23,24,26)/t10-,14?/m0/s1. The minimum atomic E-state index is -0.469. The number of aromatic amines is 1. The predicted molar refractivity (Wildman–Crippen MR) is 117 cm³/mol. The van der Waals surface area contributed by atoms with Crippen molar-refractivity contribution < 1.29 is 9.53 Å². The lowest BCUT2D eigenvalue weighted by atomic mass is 10.1. The van der Waals surface area contributed by atoms with Gasteiger partial charge in [0.2, 0.25) is 11.9 Å². The summed E-state index contributed by atoms with van der Waals surface area (Å²) in [6.45, 7) is 5.86. The molecule has 30 heavy (non-hydrogen) atoms. The SMILES string of the molecule is CCC1COC(=O)N1c1nc(C)nc(N[C@@H](C)c2cc3cc(Br)ccc3[nH]c2=O)n1. The number of rotatable bonds is 5. The van der Waals surface area contributed by atoms with Gasteiger partial charge in [0.15, 0.2) is 0 Å². The van der Waals surface area contributed by atoms with Crippen molar-refractivity contribution in [2.75, 3.05) is 16.8 Å². The Labute approximate surface area is 181 Å². The molecule has 2 aromatic heterocycles. The van der Waals surface area contributed by atoms with Gasteiger partial charge in [0.05, 0.1) is 12.1 Å². The van der Waals surface area contributed by atoms with Gasteiger partial charge in [-0.3, -0.25) is 4.79 Å². The smallest absolute Gasteiger partial charge is 0.417 e. The molecule has 1 fully saturated rings. The number of cyclic esters (lactones) is 1. The number of ether oxygens (including phenoxy) is 1. The number of benzene rings is 1. The van der Waals surface area contributed by atoms with Crippen molar-refractivity contribution in [1.82, 2.24) is 19.9 Å². The van der Waals surface area contributed by atoms with Gasteiger partial charge in [0.25, 0.3) is 5.56 Å². The summed E-state index contributed by atoms with van der Waals surface area (Å²) in [6, 6.07) is 7.02. The van der Waals surface area contributed by atoms with Gasteiger partial charge >= 0.3 is 6.09 Å². The summed E-state index contributed by atoms with van der Waals surface area (Å²) >= 11 is 3.45. The summed E-state index contributed by atoms with van der Waals surface area (Å²) in [5.41, 5.74) is 1.12. The van der Waals surface area contributed by atoms with Gasteiger partial charge in [-0.25, -0.2) is 9.69 Å². The second kappa shape index (κ2) is 8.02. The third kappa shape index (κ3) is 3.87. The number of aryl methyl sites for hydroxylation is 1. The van der Waals surface area contributed by atoms with Crippen molar-refractivity contribution in [2.45, 2.75) is 39.3 Å². The third-order valence-electron chi connectivity index (χ3n) is 5.03. The van der Waals surface area contributed by atoms with E-state index in [9.17, 15) is 9.59 Å². The lowest BCUT2D eigenvalue weighted by molar-refractivity contribution is 0.178. The van der Waals surface area contributed by atoms with Crippen molar-refractivity contribution in [3.8, 4) is 0 Å². The first-order chi connectivity index (χ1) is 14.4. The Morgan fingerprint density at radius 1 is 1.30 bits per heavy atom. The number of hydrogen-bond donors (Lipinski definition) is 2. The van der Waals surface area contributed by atoms with Crippen LogP contribution in [0.4, 0.5) is 16.7 Å². The largest absolute Gasteiger partial charge is 0.447 e. The van der Waals surface area contributed by atoms with E-state index in [2.05, 4.69) is 41.2 Å². The van der Waals surface area contributed by atoms with E-state index in [1.165, 1.54) is 4.90 Å². The Morgan fingerprint density at radius 2 is 2.10 bits per heavy atom. The number of hydrogen-bond acceptors (Lipinski definition) is 7. The van der Waals surface area contributed by atoms with Crippen LogP contribution in [0.3, 0.4) is 0 Å². The first kappa shape index (κ1) is 20.3. The Morgan fingerprint density at radius 3 is 2.87 bits per heavy atom. The zero-order valence-corrected chi connectivity index (χ0v) is 18.4. The van der Waals surface area contributed by atoms with Crippen LogP contribution < -0.4 is 15.8 Å². The molecule has 3 heterocycles. The highest BCUT2D eigenvalue weighted by Crippen LogP contribution is 2.24. The number of halogens is 1. The molecule has 0 aliphatic carbocycles. The molecular weight excluding hydrogens is 452 g/mol. The molecule has 9 nitrogen and oxygen atoms in total. The lowest BCUT2D eigenvalue weighted by Crippen LogP contribution is -2.35. The van der Waals surface area contributed by atoms with Gasteiger partial charge in [-0.1, -0.05) is 22.9 Å². The van der Waals surface area contributed by atoms with Crippen LogP contribution in [0.2, 0.25) is 0 Å². The number of aromatic nitrogens is 4. The van der Waals surface area contributed by atoms with Crippen molar-refractivity contribution in [2.24, 2.45) is 0 Å². The zero-order valence-electron chi connectivity index (χ0n) is 16.8.